The highest BCUT2D eigenvalue weighted by molar-refractivity contribution is 7.82. The lowest BCUT2D eigenvalue weighted by molar-refractivity contribution is 0.260. The van der Waals surface area contributed by atoms with Gasteiger partial charge in [-0.05, 0) is 36.4 Å². The molecule has 0 bridgehead atoms. The fourth-order valence-corrected chi connectivity index (χ4v) is 2.93. The van der Waals surface area contributed by atoms with Gasteiger partial charge in [0.05, 0.1) is 13.3 Å². The Labute approximate surface area is 183 Å². The van der Waals surface area contributed by atoms with Crippen LogP contribution < -0.4 is 19.7 Å². The number of amides is 2. The summed E-state index contributed by atoms with van der Waals surface area (Å²) < 4.78 is 6.21. The van der Waals surface area contributed by atoms with Crippen molar-refractivity contribution in [1.82, 2.24) is 15.0 Å². The van der Waals surface area contributed by atoms with E-state index in [9.17, 15) is 9.90 Å². The van der Waals surface area contributed by atoms with Crippen molar-refractivity contribution in [1.29, 1.82) is 0 Å². The van der Waals surface area contributed by atoms with Gasteiger partial charge < -0.3 is 20.5 Å². The van der Waals surface area contributed by atoms with Gasteiger partial charge in [0, 0.05) is 17.4 Å². The standard InChI is InChI=1S/C21H18N6O3S/c1-30-17-11-14(7-9-16(17)28)23-18-12-22-15-8-10-19(26-20(15)25-18)27(31)21(29)24-13-5-3-2-4-6-13/h2-12,28,31H,1H3,(H,24,29)(H,23,25,26). The summed E-state index contributed by atoms with van der Waals surface area (Å²) in [6, 6.07) is 16.7. The van der Waals surface area contributed by atoms with Crippen molar-refractivity contribution in [3.8, 4) is 11.5 Å². The predicted molar refractivity (Wildman–Crippen MR) is 122 cm³/mol. The molecule has 0 fully saturated rings. The van der Waals surface area contributed by atoms with Gasteiger partial charge in [-0.3, -0.25) is 0 Å². The largest absolute Gasteiger partial charge is 0.504 e. The minimum atomic E-state index is -0.459. The van der Waals surface area contributed by atoms with Crippen molar-refractivity contribution in [2.45, 2.75) is 0 Å². The second-order valence-corrected chi connectivity index (χ2v) is 6.79. The number of rotatable bonds is 5. The van der Waals surface area contributed by atoms with Crippen LogP contribution in [0, 0.1) is 0 Å². The number of aromatic nitrogens is 3. The first kappa shape index (κ1) is 20.2. The Kier molecular flexibility index (Phi) is 5.72. The number of ether oxygens (including phenoxy) is 1. The average molecular weight is 434 g/mol. The molecule has 2 aromatic heterocycles. The molecule has 2 heterocycles. The minimum Gasteiger partial charge on any atom is -0.504 e. The maximum absolute atomic E-state index is 12.5. The number of phenolic OH excluding ortho intramolecular Hbond substituents is 1. The number of hydrogen-bond acceptors (Lipinski definition) is 8. The maximum Gasteiger partial charge on any atom is 0.337 e. The summed E-state index contributed by atoms with van der Waals surface area (Å²) in [5.41, 5.74) is 2.18. The number of aromatic hydroxyl groups is 1. The number of nitrogens with zero attached hydrogens (tertiary/aromatic N) is 4. The Balaban J connectivity index is 1.56. The molecule has 31 heavy (non-hydrogen) atoms. The molecule has 0 unspecified atom stereocenters. The zero-order valence-electron chi connectivity index (χ0n) is 16.4. The molecular formula is C21H18N6O3S. The molecule has 9 nitrogen and oxygen atoms in total. The van der Waals surface area contributed by atoms with E-state index in [4.69, 9.17) is 4.74 Å². The molecule has 156 valence electrons. The minimum absolute atomic E-state index is 0.0339. The van der Waals surface area contributed by atoms with Crippen molar-refractivity contribution in [2.24, 2.45) is 0 Å². The first-order valence-electron chi connectivity index (χ1n) is 9.16. The van der Waals surface area contributed by atoms with E-state index < -0.39 is 6.03 Å². The SMILES string of the molecule is COc1cc(Nc2cnc3ccc(N(S)C(=O)Nc4ccccc4)nc3n2)ccc1O. The van der Waals surface area contributed by atoms with Crippen molar-refractivity contribution in [3.63, 3.8) is 0 Å². The molecule has 0 saturated carbocycles. The lowest BCUT2D eigenvalue weighted by Crippen LogP contribution is -2.27. The average Bonchev–Trinajstić information content (AvgIpc) is 2.80. The van der Waals surface area contributed by atoms with Crippen LogP contribution in [0.4, 0.5) is 27.8 Å². The Morgan fingerprint density at radius 1 is 1.06 bits per heavy atom. The summed E-state index contributed by atoms with van der Waals surface area (Å²) in [4.78, 5) is 25.7. The van der Waals surface area contributed by atoms with Gasteiger partial charge in [0.15, 0.2) is 23.0 Å². The van der Waals surface area contributed by atoms with E-state index in [1.165, 1.54) is 13.2 Å². The summed E-state index contributed by atoms with van der Waals surface area (Å²) in [5.74, 6) is 1.09. The molecular weight excluding hydrogens is 416 g/mol. The van der Waals surface area contributed by atoms with E-state index in [1.807, 2.05) is 18.2 Å². The number of hydrogen-bond donors (Lipinski definition) is 4. The van der Waals surface area contributed by atoms with E-state index in [0.29, 0.717) is 39.9 Å². The second-order valence-electron chi connectivity index (χ2n) is 6.39. The van der Waals surface area contributed by atoms with Crippen LogP contribution >= 0.6 is 12.8 Å². The second kappa shape index (κ2) is 8.76. The topological polar surface area (TPSA) is 112 Å². The molecule has 0 atom stereocenters. The number of nitrogens with one attached hydrogen (secondary N) is 2. The van der Waals surface area contributed by atoms with Gasteiger partial charge in [-0.15, -0.1) is 0 Å². The number of anilines is 4. The van der Waals surface area contributed by atoms with Crippen LogP contribution in [0.3, 0.4) is 0 Å². The van der Waals surface area contributed by atoms with Gasteiger partial charge in [0.25, 0.3) is 0 Å². The highest BCUT2D eigenvalue weighted by Gasteiger charge is 2.15. The molecule has 0 aliphatic heterocycles. The van der Waals surface area contributed by atoms with Crippen LogP contribution in [0.1, 0.15) is 0 Å². The predicted octanol–water partition coefficient (Wildman–Crippen LogP) is 4.37. The Morgan fingerprint density at radius 3 is 2.65 bits per heavy atom. The summed E-state index contributed by atoms with van der Waals surface area (Å²) >= 11 is 4.27. The fourth-order valence-electron chi connectivity index (χ4n) is 2.77. The zero-order chi connectivity index (χ0) is 21.8. The van der Waals surface area contributed by atoms with Crippen molar-refractivity contribution < 1.29 is 14.6 Å². The number of methoxy groups -OCH3 is 1. The number of fused-ring (bicyclic) bond motifs is 1. The highest BCUT2D eigenvalue weighted by atomic mass is 32.1. The number of thiol groups is 1. The highest BCUT2D eigenvalue weighted by Crippen LogP contribution is 2.30. The van der Waals surface area contributed by atoms with Gasteiger partial charge in [-0.2, -0.15) is 0 Å². The van der Waals surface area contributed by atoms with Gasteiger partial charge >= 0.3 is 6.03 Å². The fraction of sp³-hybridized carbons (Fsp3) is 0.0476. The van der Waals surface area contributed by atoms with Crippen LogP contribution in [0.25, 0.3) is 11.2 Å². The van der Waals surface area contributed by atoms with Crippen LogP contribution in [-0.2, 0) is 0 Å². The first-order chi connectivity index (χ1) is 15.0. The zero-order valence-corrected chi connectivity index (χ0v) is 17.2. The lowest BCUT2D eigenvalue weighted by atomic mass is 10.2. The summed E-state index contributed by atoms with van der Waals surface area (Å²) in [5, 5.41) is 15.6. The molecule has 0 radical (unpaired) electrons. The van der Waals surface area contributed by atoms with Crippen LogP contribution in [-0.4, -0.2) is 33.2 Å². The molecule has 4 aromatic rings. The van der Waals surface area contributed by atoms with E-state index in [1.54, 1.807) is 42.6 Å². The maximum atomic E-state index is 12.5. The number of carbonyl (C=O) groups is 1. The van der Waals surface area contributed by atoms with Gasteiger partial charge in [0.2, 0.25) is 0 Å². The first-order valence-corrected chi connectivity index (χ1v) is 9.56. The van der Waals surface area contributed by atoms with Gasteiger partial charge in [-0.25, -0.2) is 24.1 Å². The molecule has 10 heteroatoms. The van der Waals surface area contributed by atoms with Gasteiger partial charge in [-0.1, -0.05) is 31.0 Å². The normalized spacial score (nSPS) is 10.5. The number of carbonyl (C=O) groups excluding carboxylic acids is 1. The molecule has 3 N–H and O–H groups in total. The lowest BCUT2D eigenvalue weighted by Gasteiger charge is -2.16. The summed E-state index contributed by atoms with van der Waals surface area (Å²) in [7, 11) is 1.47. The third kappa shape index (κ3) is 4.59. The number of phenols is 1. The van der Waals surface area contributed by atoms with Crippen molar-refractivity contribution in [3.05, 3.63) is 66.9 Å². The Morgan fingerprint density at radius 2 is 1.87 bits per heavy atom. The molecule has 2 amide bonds. The van der Waals surface area contributed by atoms with Crippen molar-refractivity contribution in [2.75, 3.05) is 22.0 Å². The number of para-hydroxylation sites is 1. The summed E-state index contributed by atoms with van der Waals surface area (Å²) in [6.45, 7) is 0. The molecule has 0 aliphatic rings. The molecule has 2 aromatic carbocycles. The van der Waals surface area contributed by atoms with Crippen LogP contribution in [0.15, 0.2) is 66.9 Å². The van der Waals surface area contributed by atoms with E-state index in [0.717, 1.165) is 4.31 Å². The Bertz CT molecular complexity index is 1240. The quantitative estimate of drug-likeness (QED) is 0.273. The van der Waals surface area contributed by atoms with E-state index >= 15 is 0 Å². The monoisotopic (exact) mass is 434 g/mol. The summed E-state index contributed by atoms with van der Waals surface area (Å²) in [6.07, 6.45) is 1.56. The third-order valence-electron chi connectivity index (χ3n) is 4.28. The van der Waals surface area contributed by atoms with E-state index in [2.05, 4.69) is 38.4 Å². The smallest absolute Gasteiger partial charge is 0.337 e. The number of benzene rings is 2. The molecule has 4 rings (SSSR count). The number of urea groups is 1. The van der Waals surface area contributed by atoms with Crippen LogP contribution in [0.2, 0.25) is 0 Å². The Hall–Kier alpha value is -4.05. The number of pyridine rings is 1. The molecule has 0 saturated heterocycles. The molecule has 0 spiro atoms. The third-order valence-corrected chi connectivity index (χ3v) is 4.67. The van der Waals surface area contributed by atoms with E-state index in [-0.39, 0.29) is 5.75 Å². The molecule has 0 aliphatic carbocycles. The van der Waals surface area contributed by atoms with Crippen molar-refractivity contribution >= 4 is 53.0 Å². The van der Waals surface area contributed by atoms with Gasteiger partial charge in [0.1, 0.15) is 11.3 Å². The van der Waals surface area contributed by atoms with Crippen LogP contribution in [0.5, 0.6) is 11.5 Å².